The standard InChI is InChI=1S/C23H24ClN3O2/c1-16(17-3-4-19-14-21(29-2)7-5-18(19)13-17)23(28)27-11-9-26(10-12-27)22-8-6-20(24)15-25-22/h3-8,13-16H,9-12H2,1-2H3/t16-/m0/s1. The van der Waals surface area contributed by atoms with Gasteiger partial charge in [0.15, 0.2) is 0 Å². The van der Waals surface area contributed by atoms with E-state index in [9.17, 15) is 4.79 Å². The van der Waals surface area contributed by atoms with Crippen LogP contribution < -0.4 is 9.64 Å². The molecule has 0 unspecified atom stereocenters. The van der Waals surface area contributed by atoms with Gasteiger partial charge in [0.25, 0.3) is 0 Å². The molecule has 2 heterocycles. The fraction of sp³-hybridized carbons (Fsp3) is 0.304. The van der Waals surface area contributed by atoms with E-state index in [-0.39, 0.29) is 11.8 Å². The highest BCUT2D eigenvalue weighted by Crippen LogP contribution is 2.27. The fourth-order valence-corrected chi connectivity index (χ4v) is 3.88. The molecule has 1 atom stereocenters. The van der Waals surface area contributed by atoms with E-state index in [0.717, 1.165) is 41.0 Å². The lowest BCUT2D eigenvalue weighted by atomic mass is 9.96. The summed E-state index contributed by atoms with van der Waals surface area (Å²) in [5.41, 5.74) is 1.04. The largest absolute Gasteiger partial charge is 0.497 e. The molecule has 1 aromatic heterocycles. The maximum atomic E-state index is 13.1. The van der Waals surface area contributed by atoms with Crippen molar-refractivity contribution in [3.63, 3.8) is 0 Å². The van der Waals surface area contributed by atoms with Gasteiger partial charge in [0.2, 0.25) is 5.91 Å². The van der Waals surface area contributed by atoms with E-state index in [1.165, 1.54) is 0 Å². The van der Waals surface area contributed by atoms with E-state index >= 15 is 0 Å². The molecule has 5 nitrogen and oxygen atoms in total. The lowest BCUT2D eigenvalue weighted by Crippen LogP contribution is -2.50. The van der Waals surface area contributed by atoms with Crippen LogP contribution in [0.4, 0.5) is 5.82 Å². The van der Waals surface area contributed by atoms with Crippen molar-refractivity contribution in [2.45, 2.75) is 12.8 Å². The molecule has 1 amide bonds. The van der Waals surface area contributed by atoms with Gasteiger partial charge in [0.05, 0.1) is 18.1 Å². The van der Waals surface area contributed by atoms with E-state index in [4.69, 9.17) is 16.3 Å². The number of piperazine rings is 1. The molecule has 0 saturated carbocycles. The normalized spacial score (nSPS) is 15.4. The van der Waals surface area contributed by atoms with Crippen molar-refractivity contribution in [2.24, 2.45) is 0 Å². The number of pyridine rings is 1. The Morgan fingerprint density at radius 3 is 2.45 bits per heavy atom. The van der Waals surface area contributed by atoms with Crippen LogP contribution in [0.25, 0.3) is 10.8 Å². The van der Waals surface area contributed by atoms with E-state index < -0.39 is 0 Å². The number of carbonyl (C=O) groups is 1. The summed E-state index contributed by atoms with van der Waals surface area (Å²) in [7, 11) is 1.67. The molecule has 0 N–H and O–H groups in total. The number of ether oxygens (including phenoxy) is 1. The van der Waals surface area contributed by atoms with E-state index in [1.807, 2.05) is 48.2 Å². The highest BCUT2D eigenvalue weighted by molar-refractivity contribution is 6.30. The van der Waals surface area contributed by atoms with Crippen LogP contribution in [0, 0.1) is 0 Å². The summed E-state index contributed by atoms with van der Waals surface area (Å²) < 4.78 is 5.29. The van der Waals surface area contributed by atoms with Crippen LogP contribution in [0.15, 0.2) is 54.7 Å². The van der Waals surface area contributed by atoms with Crippen molar-refractivity contribution in [3.8, 4) is 5.75 Å². The second kappa shape index (κ2) is 8.29. The number of hydrogen-bond donors (Lipinski definition) is 0. The van der Waals surface area contributed by atoms with Crippen molar-refractivity contribution >= 4 is 34.1 Å². The van der Waals surface area contributed by atoms with Crippen LogP contribution >= 0.6 is 11.6 Å². The van der Waals surface area contributed by atoms with Crippen molar-refractivity contribution in [1.29, 1.82) is 0 Å². The van der Waals surface area contributed by atoms with Crippen LogP contribution in [-0.4, -0.2) is 49.1 Å². The van der Waals surface area contributed by atoms with Gasteiger partial charge in [-0.15, -0.1) is 0 Å². The lowest BCUT2D eigenvalue weighted by molar-refractivity contribution is -0.132. The third kappa shape index (κ3) is 4.15. The minimum atomic E-state index is -0.179. The third-order valence-corrected chi connectivity index (χ3v) is 5.79. The van der Waals surface area contributed by atoms with Crippen molar-refractivity contribution in [1.82, 2.24) is 9.88 Å². The van der Waals surface area contributed by atoms with Crippen LogP contribution in [0.2, 0.25) is 5.02 Å². The number of anilines is 1. The smallest absolute Gasteiger partial charge is 0.229 e. The second-order valence-electron chi connectivity index (χ2n) is 7.34. The molecule has 6 heteroatoms. The molecule has 0 bridgehead atoms. The summed E-state index contributed by atoms with van der Waals surface area (Å²) in [6.07, 6.45) is 1.66. The Morgan fingerprint density at radius 1 is 1.03 bits per heavy atom. The van der Waals surface area contributed by atoms with Crippen LogP contribution in [0.1, 0.15) is 18.4 Å². The summed E-state index contributed by atoms with van der Waals surface area (Å²) in [6.45, 7) is 4.91. The number of hydrogen-bond acceptors (Lipinski definition) is 4. The number of halogens is 1. The van der Waals surface area contributed by atoms with E-state index in [0.29, 0.717) is 18.1 Å². The Bertz CT molecular complexity index is 1010. The van der Waals surface area contributed by atoms with Gasteiger partial charge >= 0.3 is 0 Å². The first-order chi connectivity index (χ1) is 14.0. The molecular formula is C23H24ClN3O2. The zero-order valence-corrected chi connectivity index (χ0v) is 17.4. The SMILES string of the molecule is COc1ccc2cc([C@H](C)C(=O)N3CCN(c4ccc(Cl)cn4)CC3)ccc2c1. The van der Waals surface area contributed by atoms with Crippen LogP contribution in [0.5, 0.6) is 5.75 Å². The number of fused-ring (bicyclic) bond motifs is 1. The molecule has 1 aliphatic heterocycles. The number of amides is 1. The molecule has 3 aromatic rings. The maximum Gasteiger partial charge on any atom is 0.229 e. The maximum absolute atomic E-state index is 13.1. The number of methoxy groups -OCH3 is 1. The van der Waals surface area contributed by atoms with Gasteiger partial charge in [-0.1, -0.05) is 35.9 Å². The minimum Gasteiger partial charge on any atom is -0.497 e. The number of nitrogens with zero attached hydrogens (tertiary/aromatic N) is 3. The molecule has 0 aliphatic carbocycles. The number of rotatable bonds is 4. The van der Waals surface area contributed by atoms with Crippen molar-refractivity contribution < 1.29 is 9.53 Å². The highest BCUT2D eigenvalue weighted by atomic mass is 35.5. The molecule has 150 valence electrons. The summed E-state index contributed by atoms with van der Waals surface area (Å²) in [5, 5.41) is 2.85. The Balaban J connectivity index is 1.43. The van der Waals surface area contributed by atoms with Gasteiger partial charge < -0.3 is 14.5 Å². The molecule has 29 heavy (non-hydrogen) atoms. The van der Waals surface area contributed by atoms with Crippen molar-refractivity contribution in [3.05, 3.63) is 65.3 Å². The van der Waals surface area contributed by atoms with Crippen molar-refractivity contribution in [2.75, 3.05) is 38.2 Å². The fourth-order valence-electron chi connectivity index (χ4n) is 3.77. The molecular weight excluding hydrogens is 386 g/mol. The van der Waals surface area contributed by atoms with Gasteiger partial charge in [-0.3, -0.25) is 4.79 Å². The zero-order valence-electron chi connectivity index (χ0n) is 16.6. The van der Waals surface area contributed by atoms with Gasteiger partial charge in [-0.05, 0) is 47.5 Å². The average Bonchev–Trinajstić information content (AvgIpc) is 2.78. The first-order valence-electron chi connectivity index (χ1n) is 9.78. The third-order valence-electron chi connectivity index (χ3n) is 5.57. The summed E-state index contributed by atoms with van der Waals surface area (Å²) in [4.78, 5) is 21.6. The lowest BCUT2D eigenvalue weighted by Gasteiger charge is -2.36. The number of benzene rings is 2. The first kappa shape index (κ1) is 19.5. The zero-order chi connectivity index (χ0) is 20.4. The molecule has 2 aromatic carbocycles. The number of carbonyl (C=O) groups excluding carboxylic acids is 1. The monoisotopic (exact) mass is 409 g/mol. The summed E-state index contributed by atoms with van der Waals surface area (Å²) in [5.74, 6) is 1.73. The summed E-state index contributed by atoms with van der Waals surface area (Å²) in [6, 6.07) is 16.0. The molecule has 1 saturated heterocycles. The Morgan fingerprint density at radius 2 is 1.76 bits per heavy atom. The highest BCUT2D eigenvalue weighted by Gasteiger charge is 2.26. The quantitative estimate of drug-likeness (QED) is 0.642. The molecule has 0 spiro atoms. The molecule has 4 rings (SSSR count). The van der Waals surface area contributed by atoms with Crippen LogP contribution in [-0.2, 0) is 4.79 Å². The summed E-state index contributed by atoms with van der Waals surface area (Å²) >= 11 is 5.92. The molecule has 0 radical (unpaired) electrons. The van der Waals surface area contributed by atoms with Gasteiger partial charge in [0.1, 0.15) is 11.6 Å². The predicted molar refractivity (Wildman–Crippen MR) is 117 cm³/mol. The Kier molecular flexibility index (Phi) is 5.58. The van der Waals surface area contributed by atoms with Gasteiger partial charge in [-0.25, -0.2) is 4.98 Å². The van der Waals surface area contributed by atoms with E-state index in [1.54, 1.807) is 13.3 Å². The first-order valence-corrected chi connectivity index (χ1v) is 10.2. The van der Waals surface area contributed by atoms with Crippen LogP contribution in [0.3, 0.4) is 0 Å². The molecule has 1 aliphatic rings. The average molecular weight is 410 g/mol. The number of aromatic nitrogens is 1. The van der Waals surface area contributed by atoms with Gasteiger partial charge in [-0.2, -0.15) is 0 Å². The topological polar surface area (TPSA) is 45.7 Å². The second-order valence-corrected chi connectivity index (χ2v) is 7.78. The molecule has 1 fully saturated rings. The Hall–Kier alpha value is -2.79. The minimum absolute atomic E-state index is 0.168. The van der Waals surface area contributed by atoms with Gasteiger partial charge in [0, 0.05) is 32.4 Å². The van der Waals surface area contributed by atoms with E-state index in [2.05, 4.69) is 22.0 Å². The Labute approximate surface area is 175 Å². The predicted octanol–water partition coefficient (Wildman–Crippen LogP) is 4.35.